The third-order valence-corrected chi connectivity index (χ3v) is 5.73. The Labute approximate surface area is 169 Å². The van der Waals surface area contributed by atoms with E-state index in [4.69, 9.17) is 0 Å². The predicted molar refractivity (Wildman–Crippen MR) is 120 cm³/mol. The van der Waals surface area contributed by atoms with Crippen LogP contribution in [0.1, 0.15) is 72.3 Å². The lowest BCUT2D eigenvalue weighted by molar-refractivity contribution is -0.0497. The maximum absolute atomic E-state index is 3.49. The molecule has 3 heterocycles. The van der Waals surface area contributed by atoms with Crippen LogP contribution >= 0.6 is 0 Å². The molecule has 0 amide bonds. The van der Waals surface area contributed by atoms with Crippen molar-refractivity contribution < 1.29 is 0 Å². The van der Waals surface area contributed by atoms with E-state index in [1.165, 1.54) is 70.8 Å². The molecule has 0 saturated carbocycles. The minimum Gasteiger partial charge on any atom is -0.317 e. The highest BCUT2D eigenvalue weighted by molar-refractivity contribution is 5.21. The van der Waals surface area contributed by atoms with Gasteiger partial charge < -0.3 is 5.32 Å². The number of benzene rings is 1. The van der Waals surface area contributed by atoms with E-state index in [9.17, 15) is 0 Å². The predicted octanol–water partition coefficient (Wildman–Crippen LogP) is 5.20. The number of hydrogen-bond acceptors (Lipinski definition) is 3. The Bertz CT molecular complexity index is 460. The number of rotatable bonds is 3. The molecule has 4 rings (SSSR count). The first kappa shape index (κ1) is 24.1. The van der Waals surface area contributed by atoms with Gasteiger partial charge in [-0.15, -0.1) is 0 Å². The molecule has 156 valence electrons. The Kier molecular flexibility index (Phi) is 11.9. The first-order valence-electron chi connectivity index (χ1n) is 11.5. The van der Waals surface area contributed by atoms with Gasteiger partial charge >= 0.3 is 0 Å². The zero-order chi connectivity index (χ0) is 20.1. The molecular formula is C24H45N3. The molecule has 0 radical (unpaired) electrons. The van der Waals surface area contributed by atoms with Crippen molar-refractivity contribution in [2.75, 3.05) is 45.9 Å². The Morgan fingerprint density at radius 2 is 1.48 bits per heavy atom. The highest BCUT2D eigenvalue weighted by Crippen LogP contribution is 2.39. The van der Waals surface area contributed by atoms with E-state index in [1.807, 2.05) is 41.5 Å². The molecule has 0 bridgehead atoms. The average Bonchev–Trinajstić information content (AvgIpc) is 3.21. The van der Waals surface area contributed by atoms with Crippen molar-refractivity contribution in [3.8, 4) is 0 Å². The maximum Gasteiger partial charge on any atom is 0.0506 e. The van der Waals surface area contributed by atoms with Gasteiger partial charge in [-0.1, -0.05) is 71.9 Å². The quantitative estimate of drug-likeness (QED) is 0.783. The molecule has 1 N–H and O–H groups in total. The molecule has 1 aromatic carbocycles. The summed E-state index contributed by atoms with van der Waals surface area (Å²) >= 11 is 0. The molecule has 3 fully saturated rings. The van der Waals surface area contributed by atoms with E-state index in [-0.39, 0.29) is 0 Å². The molecule has 3 aliphatic rings. The molecule has 1 atom stereocenters. The molecular weight excluding hydrogens is 330 g/mol. The number of hydrogen-bond donors (Lipinski definition) is 1. The molecule has 3 nitrogen and oxygen atoms in total. The average molecular weight is 376 g/mol. The second kappa shape index (κ2) is 13.3. The molecule has 1 unspecified atom stereocenters. The van der Waals surface area contributed by atoms with Crippen molar-refractivity contribution >= 4 is 0 Å². The SMILES string of the molecule is CC.CC.CC.c1ccc(C2CCN(CN3CC4(CCNCC4)C3)C2)cc1. The molecule has 0 aliphatic carbocycles. The summed E-state index contributed by atoms with van der Waals surface area (Å²) in [5.41, 5.74) is 2.20. The minimum atomic E-state index is 0.670. The van der Waals surface area contributed by atoms with Crippen LogP contribution in [0.5, 0.6) is 0 Å². The fourth-order valence-corrected chi connectivity index (χ4v) is 4.52. The molecule has 1 aromatic rings. The van der Waals surface area contributed by atoms with Gasteiger partial charge in [-0.2, -0.15) is 0 Å². The lowest BCUT2D eigenvalue weighted by Gasteiger charge is -2.53. The molecule has 3 saturated heterocycles. The summed E-state index contributed by atoms with van der Waals surface area (Å²) in [4.78, 5) is 5.32. The zero-order valence-corrected chi connectivity index (χ0v) is 18.9. The summed E-state index contributed by atoms with van der Waals surface area (Å²) in [6.45, 7) is 20.8. The largest absolute Gasteiger partial charge is 0.317 e. The molecule has 27 heavy (non-hydrogen) atoms. The van der Waals surface area contributed by atoms with E-state index in [2.05, 4.69) is 45.4 Å². The fourth-order valence-electron chi connectivity index (χ4n) is 4.52. The molecule has 3 heteroatoms. The van der Waals surface area contributed by atoms with Crippen LogP contribution in [0.25, 0.3) is 0 Å². The molecule has 0 aromatic heterocycles. The standard InChI is InChI=1S/C18H27N3.3C2H6/c1-2-4-16(5-3-1)17-6-11-20(12-17)15-21-13-18(14-21)7-9-19-10-8-18;3*1-2/h1-5,17,19H,6-15H2;3*1-2H3. The third kappa shape index (κ3) is 6.89. The van der Waals surface area contributed by atoms with Gasteiger partial charge in [0.2, 0.25) is 0 Å². The van der Waals surface area contributed by atoms with Crippen molar-refractivity contribution in [2.45, 2.75) is 66.7 Å². The molecule has 3 aliphatic heterocycles. The topological polar surface area (TPSA) is 18.5 Å². The Morgan fingerprint density at radius 3 is 2.07 bits per heavy atom. The summed E-state index contributed by atoms with van der Waals surface area (Å²) in [5.74, 6) is 0.750. The van der Waals surface area contributed by atoms with Crippen LogP contribution in [-0.2, 0) is 0 Å². The Balaban J connectivity index is 0.000000556. The third-order valence-electron chi connectivity index (χ3n) is 5.73. The monoisotopic (exact) mass is 375 g/mol. The van der Waals surface area contributed by atoms with Gasteiger partial charge in [-0.25, -0.2) is 0 Å². The van der Waals surface area contributed by atoms with Gasteiger partial charge in [-0.3, -0.25) is 9.80 Å². The lowest BCUT2D eigenvalue weighted by Crippen LogP contribution is -2.61. The number of nitrogens with zero attached hydrogens (tertiary/aromatic N) is 2. The van der Waals surface area contributed by atoms with Crippen molar-refractivity contribution in [3.05, 3.63) is 35.9 Å². The number of piperidine rings is 1. The van der Waals surface area contributed by atoms with Crippen LogP contribution in [0.3, 0.4) is 0 Å². The van der Waals surface area contributed by atoms with Crippen LogP contribution in [0.4, 0.5) is 0 Å². The summed E-state index contributed by atoms with van der Waals surface area (Å²) < 4.78 is 0. The second-order valence-electron chi connectivity index (χ2n) is 7.35. The summed E-state index contributed by atoms with van der Waals surface area (Å²) in [5, 5.41) is 3.49. The van der Waals surface area contributed by atoms with E-state index >= 15 is 0 Å². The van der Waals surface area contributed by atoms with Crippen LogP contribution in [0.2, 0.25) is 0 Å². The summed E-state index contributed by atoms with van der Waals surface area (Å²) in [6.07, 6.45) is 4.10. The van der Waals surface area contributed by atoms with Gasteiger partial charge in [0.25, 0.3) is 0 Å². The van der Waals surface area contributed by atoms with Gasteiger partial charge in [0.15, 0.2) is 0 Å². The van der Waals surface area contributed by atoms with Gasteiger partial charge in [0.1, 0.15) is 0 Å². The van der Waals surface area contributed by atoms with Crippen molar-refractivity contribution in [1.82, 2.24) is 15.1 Å². The number of nitrogens with one attached hydrogen (secondary N) is 1. The van der Waals surface area contributed by atoms with Crippen LogP contribution in [-0.4, -0.2) is 55.7 Å². The first-order valence-corrected chi connectivity index (χ1v) is 11.5. The van der Waals surface area contributed by atoms with E-state index in [0.29, 0.717) is 5.41 Å². The maximum atomic E-state index is 3.49. The number of likely N-dealkylation sites (tertiary alicyclic amines) is 2. The highest BCUT2D eigenvalue weighted by atomic mass is 15.4. The zero-order valence-electron chi connectivity index (χ0n) is 18.9. The van der Waals surface area contributed by atoms with E-state index < -0.39 is 0 Å². The van der Waals surface area contributed by atoms with Gasteiger partial charge in [0.05, 0.1) is 6.67 Å². The van der Waals surface area contributed by atoms with Crippen LogP contribution in [0, 0.1) is 5.41 Å². The Hall–Kier alpha value is -0.900. The van der Waals surface area contributed by atoms with E-state index in [1.54, 1.807) is 0 Å². The smallest absolute Gasteiger partial charge is 0.0506 e. The van der Waals surface area contributed by atoms with Gasteiger partial charge in [-0.05, 0) is 49.2 Å². The van der Waals surface area contributed by atoms with Crippen LogP contribution in [0.15, 0.2) is 30.3 Å². The van der Waals surface area contributed by atoms with Crippen molar-refractivity contribution in [3.63, 3.8) is 0 Å². The Morgan fingerprint density at radius 1 is 0.889 bits per heavy atom. The summed E-state index contributed by atoms with van der Waals surface area (Å²) in [7, 11) is 0. The van der Waals surface area contributed by atoms with Crippen LogP contribution < -0.4 is 5.32 Å². The van der Waals surface area contributed by atoms with Crippen molar-refractivity contribution in [2.24, 2.45) is 5.41 Å². The van der Waals surface area contributed by atoms with E-state index in [0.717, 1.165) is 5.92 Å². The lowest BCUT2D eigenvalue weighted by atomic mass is 9.72. The highest BCUT2D eigenvalue weighted by Gasteiger charge is 2.43. The first-order chi connectivity index (χ1) is 13.3. The van der Waals surface area contributed by atoms with Crippen molar-refractivity contribution in [1.29, 1.82) is 0 Å². The summed E-state index contributed by atoms with van der Waals surface area (Å²) in [6, 6.07) is 11.1. The minimum absolute atomic E-state index is 0.670. The normalized spacial score (nSPS) is 23.7. The van der Waals surface area contributed by atoms with Gasteiger partial charge in [0, 0.05) is 26.2 Å². The second-order valence-corrected chi connectivity index (χ2v) is 7.35. The molecule has 1 spiro atoms. The fraction of sp³-hybridized carbons (Fsp3) is 0.750.